The van der Waals surface area contributed by atoms with Gasteiger partial charge < -0.3 is 4.74 Å². The third kappa shape index (κ3) is 4.53. The second-order valence-corrected chi connectivity index (χ2v) is 7.48. The molecule has 0 atom stereocenters. The van der Waals surface area contributed by atoms with Gasteiger partial charge in [-0.2, -0.15) is 0 Å². The molecular formula is C21H15Cl3N4O. The third-order valence-electron chi connectivity index (χ3n) is 4.32. The maximum atomic E-state index is 6.47. The molecule has 5 nitrogen and oxygen atoms in total. The van der Waals surface area contributed by atoms with Gasteiger partial charge in [-0.25, -0.2) is 4.68 Å². The highest BCUT2D eigenvalue weighted by Gasteiger charge is 2.15. The third-order valence-corrected chi connectivity index (χ3v) is 5.49. The van der Waals surface area contributed by atoms with Crippen molar-refractivity contribution in [1.82, 2.24) is 20.2 Å². The molecule has 0 N–H and O–H groups in total. The first-order valence-corrected chi connectivity index (χ1v) is 9.91. The second kappa shape index (κ2) is 8.82. The Morgan fingerprint density at radius 3 is 2.48 bits per heavy atom. The minimum absolute atomic E-state index is 0.378. The lowest BCUT2D eigenvalue weighted by Gasteiger charge is -2.11. The maximum absolute atomic E-state index is 6.47. The second-order valence-electron chi connectivity index (χ2n) is 6.29. The molecule has 0 amide bonds. The van der Waals surface area contributed by atoms with Crippen LogP contribution in [0.4, 0.5) is 0 Å². The summed E-state index contributed by atoms with van der Waals surface area (Å²) in [5.41, 5.74) is 2.60. The van der Waals surface area contributed by atoms with Gasteiger partial charge in [-0.15, -0.1) is 5.10 Å². The van der Waals surface area contributed by atoms with E-state index in [0.717, 1.165) is 11.1 Å². The summed E-state index contributed by atoms with van der Waals surface area (Å²) in [6.07, 6.45) is 0. The van der Waals surface area contributed by atoms with Gasteiger partial charge in [0, 0.05) is 10.6 Å². The van der Waals surface area contributed by atoms with Crippen LogP contribution in [0.25, 0.3) is 11.4 Å². The van der Waals surface area contributed by atoms with Crippen molar-refractivity contribution >= 4 is 34.8 Å². The van der Waals surface area contributed by atoms with E-state index in [1.807, 2.05) is 48.5 Å². The van der Waals surface area contributed by atoms with Crippen molar-refractivity contribution in [3.63, 3.8) is 0 Å². The topological polar surface area (TPSA) is 52.8 Å². The average Bonchev–Trinajstić information content (AvgIpc) is 3.19. The molecule has 1 aromatic heterocycles. The van der Waals surface area contributed by atoms with Crippen LogP contribution in [-0.2, 0) is 13.2 Å². The molecule has 0 aliphatic rings. The fraction of sp³-hybridized carbons (Fsp3) is 0.0952. The molecular weight excluding hydrogens is 431 g/mol. The number of ether oxygens (including phenoxy) is 1. The zero-order valence-corrected chi connectivity index (χ0v) is 17.4. The van der Waals surface area contributed by atoms with Crippen LogP contribution >= 0.6 is 34.8 Å². The average molecular weight is 446 g/mol. The van der Waals surface area contributed by atoms with E-state index in [1.165, 1.54) is 0 Å². The summed E-state index contributed by atoms with van der Waals surface area (Å²) >= 11 is 18.9. The molecule has 4 aromatic rings. The maximum Gasteiger partial charge on any atom is 0.183 e. The number of tetrazole rings is 1. The Kier molecular flexibility index (Phi) is 6.00. The monoisotopic (exact) mass is 444 g/mol. The zero-order valence-electron chi connectivity index (χ0n) is 15.1. The van der Waals surface area contributed by atoms with Crippen LogP contribution in [-0.4, -0.2) is 20.2 Å². The molecule has 0 radical (unpaired) electrons. The van der Waals surface area contributed by atoms with Gasteiger partial charge in [0.15, 0.2) is 5.82 Å². The summed E-state index contributed by atoms with van der Waals surface area (Å²) in [6.45, 7) is 0.851. The van der Waals surface area contributed by atoms with Gasteiger partial charge in [-0.1, -0.05) is 77.3 Å². The van der Waals surface area contributed by atoms with Crippen LogP contribution in [0.15, 0.2) is 66.7 Å². The predicted octanol–water partition coefficient (Wildman–Crippen LogP) is 5.93. The van der Waals surface area contributed by atoms with Gasteiger partial charge in [0.25, 0.3) is 0 Å². The molecule has 3 aromatic carbocycles. The molecule has 1 heterocycles. The van der Waals surface area contributed by atoms with E-state index in [4.69, 9.17) is 39.5 Å². The Labute approximate surface area is 182 Å². The zero-order chi connectivity index (χ0) is 20.2. The van der Waals surface area contributed by atoms with Crippen molar-refractivity contribution < 1.29 is 4.74 Å². The number of benzene rings is 3. The number of hydrogen-bond acceptors (Lipinski definition) is 4. The summed E-state index contributed by atoms with van der Waals surface area (Å²) in [4.78, 5) is 0. The van der Waals surface area contributed by atoms with E-state index in [2.05, 4.69) is 15.5 Å². The molecule has 0 unspecified atom stereocenters. The Morgan fingerprint density at radius 2 is 1.69 bits per heavy atom. The number of halogens is 3. The van der Waals surface area contributed by atoms with Gasteiger partial charge in [-0.3, -0.25) is 0 Å². The van der Waals surface area contributed by atoms with E-state index >= 15 is 0 Å². The lowest BCUT2D eigenvalue weighted by atomic mass is 10.2. The summed E-state index contributed by atoms with van der Waals surface area (Å²) in [6, 6.07) is 20.8. The molecule has 0 saturated heterocycles. The van der Waals surface area contributed by atoms with Crippen LogP contribution in [0.3, 0.4) is 0 Å². The van der Waals surface area contributed by atoms with Crippen LogP contribution in [0.2, 0.25) is 15.1 Å². The molecule has 0 aliphatic carbocycles. The normalized spacial score (nSPS) is 10.9. The highest BCUT2D eigenvalue weighted by Crippen LogP contribution is 2.32. The molecule has 29 heavy (non-hydrogen) atoms. The minimum Gasteiger partial charge on any atom is -0.489 e. The highest BCUT2D eigenvalue weighted by molar-refractivity contribution is 6.43. The number of hydrogen-bond donors (Lipinski definition) is 0. The van der Waals surface area contributed by atoms with Gasteiger partial charge in [0.05, 0.1) is 16.6 Å². The minimum atomic E-state index is 0.378. The van der Waals surface area contributed by atoms with Crippen LogP contribution in [0.1, 0.15) is 11.1 Å². The van der Waals surface area contributed by atoms with Gasteiger partial charge in [0.1, 0.15) is 12.4 Å². The van der Waals surface area contributed by atoms with Crippen molar-refractivity contribution in [3.8, 4) is 17.1 Å². The van der Waals surface area contributed by atoms with E-state index in [-0.39, 0.29) is 0 Å². The van der Waals surface area contributed by atoms with Gasteiger partial charge >= 0.3 is 0 Å². The molecule has 0 saturated carbocycles. The van der Waals surface area contributed by atoms with Crippen molar-refractivity contribution in [1.29, 1.82) is 0 Å². The number of aromatic nitrogens is 4. The predicted molar refractivity (Wildman–Crippen MR) is 115 cm³/mol. The van der Waals surface area contributed by atoms with Crippen molar-refractivity contribution in [2.75, 3.05) is 0 Å². The van der Waals surface area contributed by atoms with Crippen molar-refractivity contribution in [3.05, 3.63) is 92.9 Å². The van der Waals surface area contributed by atoms with E-state index in [1.54, 1.807) is 22.9 Å². The number of rotatable bonds is 6. The smallest absolute Gasteiger partial charge is 0.183 e. The standard InChI is InChI=1S/C21H15Cl3N4O/c22-18-8-4-7-17(20(18)24)21-25-26-27-28(21)12-15-9-10-16(11-19(15)23)29-13-14-5-2-1-3-6-14/h1-11H,12-13H2. The summed E-state index contributed by atoms with van der Waals surface area (Å²) < 4.78 is 7.45. The lowest BCUT2D eigenvalue weighted by Crippen LogP contribution is -2.05. The molecule has 0 fully saturated rings. The first-order chi connectivity index (χ1) is 14.1. The Bertz CT molecular complexity index is 1130. The molecule has 0 aliphatic heterocycles. The summed E-state index contributed by atoms with van der Waals surface area (Å²) in [7, 11) is 0. The van der Waals surface area contributed by atoms with Gasteiger partial charge in [0.2, 0.25) is 0 Å². The molecule has 146 valence electrons. The molecule has 0 spiro atoms. The largest absolute Gasteiger partial charge is 0.489 e. The van der Waals surface area contributed by atoms with Crippen LogP contribution < -0.4 is 4.74 Å². The SMILES string of the molecule is Clc1cc(OCc2ccccc2)ccc1Cn1nnnc1-c1cccc(Cl)c1Cl. The molecule has 4 rings (SSSR count). The Morgan fingerprint density at radius 1 is 0.862 bits per heavy atom. The Balaban J connectivity index is 1.52. The number of nitrogens with zero attached hydrogens (tertiary/aromatic N) is 4. The van der Waals surface area contributed by atoms with E-state index in [0.29, 0.717) is 45.4 Å². The first-order valence-electron chi connectivity index (χ1n) is 8.77. The Hall–Kier alpha value is -2.60. The van der Waals surface area contributed by atoms with Crippen molar-refractivity contribution in [2.24, 2.45) is 0 Å². The van der Waals surface area contributed by atoms with E-state index in [9.17, 15) is 0 Å². The van der Waals surface area contributed by atoms with Gasteiger partial charge in [-0.05, 0) is 45.8 Å². The summed E-state index contributed by atoms with van der Waals surface area (Å²) in [5.74, 6) is 1.20. The van der Waals surface area contributed by atoms with E-state index < -0.39 is 0 Å². The molecule has 0 bridgehead atoms. The van der Waals surface area contributed by atoms with Crippen molar-refractivity contribution in [2.45, 2.75) is 13.2 Å². The quantitative estimate of drug-likeness (QED) is 0.369. The first kappa shape index (κ1) is 19.7. The lowest BCUT2D eigenvalue weighted by molar-refractivity contribution is 0.306. The van der Waals surface area contributed by atoms with Crippen LogP contribution in [0, 0.1) is 0 Å². The highest BCUT2D eigenvalue weighted by atomic mass is 35.5. The summed E-state index contributed by atoms with van der Waals surface area (Å²) in [5, 5.41) is 13.3. The fourth-order valence-corrected chi connectivity index (χ4v) is 3.44. The molecule has 8 heteroatoms. The fourth-order valence-electron chi connectivity index (χ4n) is 2.83. The van der Waals surface area contributed by atoms with Crippen LogP contribution in [0.5, 0.6) is 5.75 Å².